The molecule has 0 nitrogen and oxygen atoms in total. The van der Waals surface area contributed by atoms with Crippen LogP contribution >= 0.6 is 0 Å². The van der Waals surface area contributed by atoms with Crippen LogP contribution in [-0.2, 0) is 0 Å². The molecular weight excluding hydrogens is 156 g/mol. The van der Waals surface area contributed by atoms with Crippen molar-refractivity contribution in [3.63, 3.8) is 0 Å². The first-order valence-electron chi connectivity index (χ1n) is 6.06. The normalized spacial score (nSPS) is 33.6. The molecule has 13 heavy (non-hydrogen) atoms. The second kappa shape index (κ2) is 4.30. The first-order valence-corrected chi connectivity index (χ1v) is 6.06. The zero-order valence-electron chi connectivity index (χ0n) is 8.84. The Kier molecular flexibility index (Phi) is 3.08. The van der Waals surface area contributed by atoms with Crippen LogP contribution in [0.25, 0.3) is 0 Å². The molecule has 0 heterocycles. The van der Waals surface area contributed by atoms with E-state index in [2.05, 4.69) is 19.1 Å². The molecule has 2 aliphatic carbocycles. The van der Waals surface area contributed by atoms with E-state index in [-0.39, 0.29) is 0 Å². The number of allylic oxidation sites excluding steroid dienone is 2. The molecule has 0 atom stereocenters. The second-order valence-electron chi connectivity index (χ2n) is 4.96. The molecule has 1 saturated carbocycles. The van der Waals surface area contributed by atoms with Crippen LogP contribution < -0.4 is 0 Å². The Balaban J connectivity index is 1.63. The Morgan fingerprint density at radius 2 is 1.62 bits per heavy atom. The minimum absolute atomic E-state index is 0.910. The number of hydrogen-bond donors (Lipinski definition) is 0. The quantitative estimate of drug-likeness (QED) is 0.567. The van der Waals surface area contributed by atoms with Crippen LogP contribution in [0.1, 0.15) is 51.9 Å². The highest BCUT2D eigenvalue weighted by molar-refractivity contribution is 5.13. The summed E-state index contributed by atoms with van der Waals surface area (Å²) in [5.41, 5.74) is 0. The highest BCUT2D eigenvalue weighted by Crippen LogP contribution is 2.37. The molecule has 0 amide bonds. The summed E-state index contributed by atoms with van der Waals surface area (Å²) >= 11 is 0. The molecule has 0 aromatic heterocycles. The molecule has 74 valence electrons. The molecule has 2 rings (SSSR count). The highest BCUT2D eigenvalue weighted by atomic mass is 14.3. The van der Waals surface area contributed by atoms with Gasteiger partial charge < -0.3 is 0 Å². The van der Waals surface area contributed by atoms with Crippen LogP contribution in [0.4, 0.5) is 0 Å². The summed E-state index contributed by atoms with van der Waals surface area (Å²) in [5, 5.41) is 0. The third-order valence-corrected chi connectivity index (χ3v) is 3.73. The topological polar surface area (TPSA) is 0 Å². The van der Waals surface area contributed by atoms with Crippen molar-refractivity contribution in [3.05, 3.63) is 12.2 Å². The van der Waals surface area contributed by atoms with Crippen LogP contribution in [0.15, 0.2) is 12.2 Å². The van der Waals surface area contributed by atoms with Gasteiger partial charge in [-0.2, -0.15) is 0 Å². The van der Waals surface area contributed by atoms with E-state index in [1.54, 1.807) is 0 Å². The van der Waals surface area contributed by atoms with E-state index in [1.165, 1.54) is 44.9 Å². The van der Waals surface area contributed by atoms with Gasteiger partial charge in [0.05, 0.1) is 0 Å². The number of hydrogen-bond acceptors (Lipinski definition) is 0. The molecule has 0 aliphatic heterocycles. The molecule has 1 fully saturated rings. The minimum Gasteiger partial charge on any atom is -0.0810 e. The molecule has 0 saturated heterocycles. The predicted octanol–water partition coefficient (Wildman–Crippen LogP) is 4.17. The van der Waals surface area contributed by atoms with Gasteiger partial charge in [-0.05, 0) is 24.2 Å². The fourth-order valence-electron chi connectivity index (χ4n) is 2.78. The standard InChI is InChI=1S/C13H22/c1-2-3-11-4-6-12(7-5-11)10-13-8-9-13/h8-9,11-13H,2-7,10H2,1H3. The molecule has 0 unspecified atom stereocenters. The highest BCUT2D eigenvalue weighted by Gasteiger charge is 2.23. The molecule has 0 bridgehead atoms. The van der Waals surface area contributed by atoms with Gasteiger partial charge in [0.1, 0.15) is 0 Å². The smallest absolute Gasteiger partial charge is 0.00504 e. The molecule has 0 aromatic carbocycles. The average molecular weight is 178 g/mol. The van der Waals surface area contributed by atoms with Crippen molar-refractivity contribution >= 4 is 0 Å². The lowest BCUT2D eigenvalue weighted by atomic mass is 9.78. The number of rotatable bonds is 4. The van der Waals surface area contributed by atoms with E-state index in [1.807, 2.05) is 0 Å². The van der Waals surface area contributed by atoms with Crippen LogP contribution in [0.5, 0.6) is 0 Å². The molecule has 2 aliphatic rings. The molecular formula is C13H22. The van der Waals surface area contributed by atoms with Crippen LogP contribution in [-0.4, -0.2) is 0 Å². The zero-order chi connectivity index (χ0) is 9.10. The fraction of sp³-hybridized carbons (Fsp3) is 0.846. The summed E-state index contributed by atoms with van der Waals surface area (Å²) in [5.74, 6) is 3.05. The van der Waals surface area contributed by atoms with Crippen molar-refractivity contribution in [2.45, 2.75) is 51.9 Å². The fourth-order valence-corrected chi connectivity index (χ4v) is 2.78. The lowest BCUT2D eigenvalue weighted by Crippen LogP contribution is -2.14. The first-order chi connectivity index (χ1) is 6.38. The van der Waals surface area contributed by atoms with Gasteiger partial charge in [0.25, 0.3) is 0 Å². The van der Waals surface area contributed by atoms with Gasteiger partial charge in [-0.1, -0.05) is 57.6 Å². The summed E-state index contributed by atoms with van der Waals surface area (Å²) in [6, 6.07) is 0. The van der Waals surface area contributed by atoms with E-state index < -0.39 is 0 Å². The second-order valence-corrected chi connectivity index (χ2v) is 4.96. The summed E-state index contributed by atoms with van der Waals surface area (Å²) in [4.78, 5) is 0. The predicted molar refractivity (Wildman–Crippen MR) is 57.6 cm³/mol. The molecule has 0 N–H and O–H groups in total. The first kappa shape index (κ1) is 9.30. The minimum atomic E-state index is 0.910. The Morgan fingerprint density at radius 1 is 1.00 bits per heavy atom. The lowest BCUT2D eigenvalue weighted by molar-refractivity contribution is 0.248. The van der Waals surface area contributed by atoms with Crippen molar-refractivity contribution < 1.29 is 0 Å². The Bertz CT molecular complexity index is 166. The lowest BCUT2D eigenvalue weighted by Gasteiger charge is -2.28. The van der Waals surface area contributed by atoms with Gasteiger partial charge in [-0.25, -0.2) is 0 Å². The monoisotopic (exact) mass is 178 g/mol. The molecule has 0 aromatic rings. The molecule has 0 heteroatoms. The van der Waals surface area contributed by atoms with Crippen molar-refractivity contribution in [1.29, 1.82) is 0 Å². The SMILES string of the molecule is CCCC1CCC(CC2C=C2)CC1. The molecule has 0 radical (unpaired) electrons. The maximum absolute atomic E-state index is 2.36. The maximum atomic E-state index is 2.36. The zero-order valence-corrected chi connectivity index (χ0v) is 8.84. The summed E-state index contributed by atoms with van der Waals surface area (Å²) in [6.07, 6.45) is 15.1. The van der Waals surface area contributed by atoms with Crippen LogP contribution in [0.2, 0.25) is 0 Å². The van der Waals surface area contributed by atoms with Crippen molar-refractivity contribution in [2.75, 3.05) is 0 Å². The van der Waals surface area contributed by atoms with E-state index in [9.17, 15) is 0 Å². The van der Waals surface area contributed by atoms with Crippen LogP contribution in [0.3, 0.4) is 0 Å². The van der Waals surface area contributed by atoms with Crippen molar-refractivity contribution in [2.24, 2.45) is 17.8 Å². The van der Waals surface area contributed by atoms with Gasteiger partial charge in [0.2, 0.25) is 0 Å². The Morgan fingerprint density at radius 3 is 2.15 bits per heavy atom. The summed E-state index contributed by atoms with van der Waals surface area (Å²) in [7, 11) is 0. The van der Waals surface area contributed by atoms with Crippen LogP contribution in [0, 0.1) is 17.8 Å². The van der Waals surface area contributed by atoms with Gasteiger partial charge in [-0.3, -0.25) is 0 Å². The van der Waals surface area contributed by atoms with Gasteiger partial charge in [0.15, 0.2) is 0 Å². The van der Waals surface area contributed by atoms with Gasteiger partial charge in [-0.15, -0.1) is 0 Å². The van der Waals surface area contributed by atoms with Gasteiger partial charge >= 0.3 is 0 Å². The summed E-state index contributed by atoms with van der Waals surface area (Å²) in [6.45, 7) is 2.32. The van der Waals surface area contributed by atoms with Crippen molar-refractivity contribution in [3.8, 4) is 0 Å². The largest absolute Gasteiger partial charge is 0.0810 e. The van der Waals surface area contributed by atoms with Crippen molar-refractivity contribution in [1.82, 2.24) is 0 Å². The van der Waals surface area contributed by atoms with E-state index in [0.29, 0.717) is 0 Å². The Labute approximate surface area is 82.4 Å². The van der Waals surface area contributed by atoms with E-state index >= 15 is 0 Å². The van der Waals surface area contributed by atoms with E-state index in [4.69, 9.17) is 0 Å². The maximum Gasteiger partial charge on any atom is -0.00504 e. The molecule has 0 spiro atoms. The third kappa shape index (κ3) is 2.86. The van der Waals surface area contributed by atoms with E-state index in [0.717, 1.165) is 17.8 Å². The summed E-state index contributed by atoms with van der Waals surface area (Å²) < 4.78 is 0. The van der Waals surface area contributed by atoms with Gasteiger partial charge in [0, 0.05) is 0 Å². The average Bonchev–Trinajstić information content (AvgIpc) is 2.93. The Hall–Kier alpha value is -0.260. The third-order valence-electron chi connectivity index (χ3n) is 3.73.